The molecule has 20 heavy (non-hydrogen) atoms. The van der Waals surface area contributed by atoms with Crippen molar-refractivity contribution in [2.75, 3.05) is 19.6 Å². The van der Waals surface area contributed by atoms with Crippen LogP contribution in [0.2, 0.25) is 5.02 Å². The zero-order valence-electron chi connectivity index (χ0n) is 10.9. The summed E-state index contributed by atoms with van der Waals surface area (Å²) in [4.78, 5) is 0.0722. The fourth-order valence-corrected chi connectivity index (χ4v) is 3.43. The highest BCUT2D eigenvalue weighted by atomic mass is 35.5. The number of hydrogen-bond donors (Lipinski definition) is 2. The van der Waals surface area contributed by atoms with Crippen LogP contribution in [0.15, 0.2) is 23.1 Å². The lowest BCUT2D eigenvalue weighted by Crippen LogP contribution is -2.26. The Labute approximate surface area is 124 Å². The first-order chi connectivity index (χ1) is 9.53. The largest absolute Gasteiger partial charge is 0.316 e. The summed E-state index contributed by atoms with van der Waals surface area (Å²) in [5.41, 5.74) is 0.162. The third-order valence-electron chi connectivity index (χ3n) is 3.38. The van der Waals surface area contributed by atoms with Crippen LogP contribution >= 0.6 is 11.6 Å². The summed E-state index contributed by atoms with van der Waals surface area (Å²) in [5, 5.41) is 12.4. The topological polar surface area (TPSA) is 82.0 Å². The molecule has 0 bridgehead atoms. The van der Waals surface area contributed by atoms with Crippen molar-refractivity contribution in [2.45, 2.75) is 17.7 Å². The highest BCUT2D eigenvalue weighted by Crippen LogP contribution is 2.19. The Morgan fingerprint density at radius 3 is 2.95 bits per heavy atom. The van der Waals surface area contributed by atoms with Crippen LogP contribution in [0, 0.1) is 17.2 Å². The van der Waals surface area contributed by atoms with Crippen LogP contribution in [0.1, 0.15) is 18.4 Å². The van der Waals surface area contributed by atoms with Crippen LogP contribution in [-0.4, -0.2) is 28.1 Å². The molecule has 2 rings (SSSR count). The molecule has 1 aliphatic heterocycles. The first-order valence-corrected chi connectivity index (χ1v) is 8.29. The number of sulfonamides is 1. The van der Waals surface area contributed by atoms with E-state index < -0.39 is 10.0 Å². The van der Waals surface area contributed by atoms with Crippen LogP contribution in [-0.2, 0) is 10.0 Å². The summed E-state index contributed by atoms with van der Waals surface area (Å²) in [7, 11) is -3.58. The van der Waals surface area contributed by atoms with Gasteiger partial charge >= 0.3 is 0 Å². The molecule has 7 heteroatoms. The molecule has 0 saturated carbocycles. The van der Waals surface area contributed by atoms with Gasteiger partial charge in [-0.15, -0.1) is 0 Å². The van der Waals surface area contributed by atoms with Crippen LogP contribution in [0.5, 0.6) is 0 Å². The molecule has 1 aliphatic rings. The van der Waals surface area contributed by atoms with Crippen molar-refractivity contribution in [2.24, 2.45) is 5.92 Å². The van der Waals surface area contributed by atoms with E-state index in [1.165, 1.54) is 18.2 Å². The monoisotopic (exact) mass is 313 g/mol. The molecule has 1 fully saturated rings. The van der Waals surface area contributed by atoms with Gasteiger partial charge < -0.3 is 5.32 Å². The molecule has 0 aliphatic carbocycles. The van der Waals surface area contributed by atoms with E-state index in [2.05, 4.69) is 10.0 Å². The molecule has 0 spiro atoms. The highest BCUT2D eigenvalue weighted by molar-refractivity contribution is 7.89. The van der Waals surface area contributed by atoms with Crippen molar-refractivity contribution in [1.29, 1.82) is 5.26 Å². The zero-order valence-corrected chi connectivity index (χ0v) is 12.5. The Morgan fingerprint density at radius 1 is 1.50 bits per heavy atom. The second kappa shape index (κ2) is 6.55. The molecule has 2 N–H and O–H groups in total. The molecule has 1 aromatic carbocycles. The number of benzene rings is 1. The quantitative estimate of drug-likeness (QED) is 0.863. The predicted octanol–water partition coefficient (Wildman–Crippen LogP) is 1.49. The predicted molar refractivity (Wildman–Crippen MR) is 76.9 cm³/mol. The van der Waals surface area contributed by atoms with Gasteiger partial charge in [0.2, 0.25) is 10.0 Å². The average molecular weight is 314 g/mol. The lowest BCUT2D eigenvalue weighted by Gasteiger charge is -2.10. The van der Waals surface area contributed by atoms with Crippen molar-refractivity contribution < 1.29 is 8.42 Å². The Morgan fingerprint density at radius 2 is 2.30 bits per heavy atom. The summed E-state index contributed by atoms with van der Waals surface area (Å²) in [6.45, 7) is 2.35. The molecule has 1 unspecified atom stereocenters. The standard InChI is InChI=1S/C13H16ClN3O2S/c14-13-2-1-12(7-11(13)8-15)20(18,19)17-6-4-10-3-5-16-9-10/h1-2,7,10,16-17H,3-6,9H2. The van der Waals surface area contributed by atoms with Crippen LogP contribution < -0.4 is 10.0 Å². The Hall–Kier alpha value is -1.13. The number of rotatable bonds is 5. The maximum Gasteiger partial charge on any atom is 0.240 e. The van der Waals surface area contributed by atoms with Gasteiger partial charge in [0.25, 0.3) is 0 Å². The van der Waals surface area contributed by atoms with E-state index in [0.717, 1.165) is 25.9 Å². The summed E-state index contributed by atoms with van der Waals surface area (Å²) >= 11 is 5.79. The van der Waals surface area contributed by atoms with E-state index in [-0.39, 0.29) is 15.5 Å². The first-order valence-electron chi connectivity index (χ1n) is 6.43. The van der Waals surface area contributed by atoms with Crippen LogP contribution in [0.4, 0.5) is 0 Å². The molecule has 108 valence electrons. The van der Waals surface area contributed by atoms with Gasteiger partial charge in [-0.3, -0.25) is 0 Å². The Bertz CT molecular complexity index is 619. The molecule has 1 heterocycles. The number of halogens is 1. The highest BCUT2D eigenvalue weighted by Gasteiger charge is 2.18. The molecule has 5 nitrogen and oxygen atoms in total. The lowest BCUT2D eigenvalue weighted by molar-refractivity contribution is 0.519. The van der Waals surface area contributed by atoms with Crippen LogP contribution in [0.25, 0.3) is 0 Å². The van der Waals surface area contributed by atoms with Gasteiger partial charge in [0, 0.05) is 6.54 Å². The van der Waals surface area contributed by atoms with E-state index in [0.29, 0.717) is 12.5 Å². The number of hydrogen-bond acceptors (Lipinski definition) is 4. The molecule has 1 saturated heterocycles. The van der Waals surface area contributed by atoms with Crippen molar-refractivity contribution in [3.63, 3.8) is 0 Å². The Balaban J connectivity index is 2.00. The smallest absolute Gasteiger partial charge is 0.240 e. The number of nitrogens with one attached hydrogen (secondary N) is 2. The fourth-order valence-electron chi connectivity index (χ4n) is 2.20. The number of nitrogens with zero attached hydrogens (tertiary/aromatic N) is 1. The molecule has 0 amide bonds. The zero-order chi connectivity index (χ0) is 14.6. The van der Waals surface area contributed by atoms with Gasteiger partial charge in [0.05, 0.1) is 15.5 Å². The van der Waals surface area contributed by atoms with Gasteiger partial charge in [0.15, 0.2) is 0 Å². The maximum atomic E-state index is 12.1. The van der Waals surface area contributed by atoms with Crippen molar-refractivity contribution in [1.82, 2.24) is 10.0 Å². The summed E-state index contributed by atoms with van der Waals surface area (Å²) in [5.74, 6) is 0.526. The minimum absolute atomic E-state index is 0.0722. The molecule has 1 atom stereocenters. The van der Waals surface area contributed by atoms with E-state index >= 15 is 0 Å². The summed E-state index contributed by atoms with van der Waals surface area (Å²) < 4.78 is 26.8. The van der Waals surface area contributed by atoms with Crippen molar-refractivity contribution in [3.05, 3.63) is 28.8 Å². The SMILES string of the molecule is N#Cc1cc(S(=O)(=O)NCCC2CCNC2)ccc1Cl. The molecular weight excluding hydrogens is 298 g/mol. The third-order valence-corrected chi connectivity index (χ3v) is 5.16. The molecule has 0 radical (unpaired) electrons. The second-order valence-electron chi connectivity index (χ2n) is 4.80. The van der Waals surface area contributed by atoms with E-state index in [4.69, 9.17) is 16.9 Å². The first kappa shape index (κ1) is 15.3. The Kier molecular flexibility index (Phi) is 5.00. The van der Waals surface area contributed by atoms with Crippen molar-refractivity contribution >= 4 is 21.6 Å². The fraction of sp³-hybridized carbons (Fsp3) is 0.462. The lowest BCUT2D eigenvalue weighted by atomic mass is 10.1. The van der Waals surface area contributed by atoms with Gasteiger partial charge in [-0.05, 0) is 50.0 Å². The molecule has 0 aromatic heterocycles. The normalized spacial score (nSPS) is 18.9. The van der Waals surface area contributed by atoms with E-state index in [1.54, 1.807) is 0 Å². The maximum absolute atomic E-state index is 12.1. The van der Waals surface area contributed by atoms with E-state index in [9.17, 15) is 8.42 Å². The minimum Gasteiger partial charge on any atom is -0.316 e. The minimum atomic E-state index is -3.58. The molecule has 1 aromatic rings. The molecular formula is C13H16ClN3O2S. The number of nitriles is 1. The van der Waals surface area contributed by atoms with Gasteiger partial charge in [-0.2, -0.15) is 5.26 Å². The second-order valence-corrected chi connectivity index (χ2v) is 6.97. The van der Waals surface area contributed by atoms with Crippen molar-refractivity contribution in [3.8, 4) is 6.07 Å². The average Bonchev–Trinajstić information content (AvgIpc) is 2.92. The van der Waals surface area contributed by atoms with E-state index in [1.807, 2.05) is 6.07 Å². The van der Waals surface area contributed by atoms with Gasteiger partial charge in [-0.25, -0.2) is 13.1 Å². The van der Waals surface area contributed by atoms with Gasteiger partial charge in [0.1, 0.15) is 6.07 Å². The summed E-state index contributed by atoms with van der Waals surface area (Å²) in [6, 6.07) is 6.00. The third kappa shape index (κ3) is 3.70. The van der Waals surface area contributed by atoms with Crippen LogP contribution in [0.3, 0.4) is 0 Å². The van der Waals surface area contributed by atoms with Gasteiger partial charge in [-0.1, -0.05) is 11.6 Å². The summed E-state index contributed by atoms with van der Waals surface area (Å²) in [6.07, 6.45) is 1.90.